The summed E-state index contributed by atoms with van der Waals surface area (Å²) < 4.78 is 0. The van der Waals surface area contributed by atoms with Crippen LogP contribution in [0.15, 0.2) is 6.20 Å². The molecule has 0 aliphatic carbocycles. The summed E-state index contributed by atoms with van der Waals surface area (Å²) in [5.74, 6) is 0.928. The van der Waals surface area contributed by atoms with E-state index in [9.17, 15) is 4.79 Å². The Morgan fingerprint density at radius 1 is 1.24 bits per heavy atom. The summed E-state index contributed by atoms with van der Waals surface area (Å²) in [7, 11) is 0. The second-order valence-electron chi connectivity index (χ2n) is 6.08. The van der Waals surface area contributed by atoms with Crippen LogP contribution in [-0.4, -0.2) is 40.4 Å². The van der Waals surface area contributed by atoms with Gasteiger partial charge in [-0.25, -0.2) is 9.97 Å². The predicted molar refractivity (Wildman–Crippen MR) is 81.1 cm³/mol. The van der Waals surface area contributed by atoms with Crippen LogP contribution >= 0.6 is 0 Å². The van der Waals surface area contributed by atoms with E-state index in [1.165, 1.54) is 19.3 Å². The highest BCUT2D eigenvalue weighted by Gasteiger charge is 2.23. The number of aryl methyl sites for hydroxylation is 1. The molecule has 1 amide bonds. The molecule has 0 spiro atoms. The van der Waals surface area contributed by atoms with Gasteiger partial charge in [-0.05, 0) is 45.6 Å². The molecule has 1 atom stereocenters. The van der Waals surface area contributed by atoms with E-state index in [4.69, 9.17) is 0 Å². The molecule has 1 aromatic heterocycles. The lowest BCUT2D eigenvalue weighted by Crippen LogP contribution is -2.36. The highest BCUT2D eigenvalue weighted by molar-refractivity contribution is 5.94. The predicted octanol–water partition coefficient (Wildman–Crippen LogP) is 2.23. The van der Waals surface area contributed by atoms with Crippen molar-refractivity contribution in [1.82, 2.24) is 20.2 Å². The third-order valence-corrected chi connectivity index (χ3v) is 4.49. The lowest BCUT2D eigenvalue weighted by atomic mass is 10.0. The molecule has 3 heterocycles. The Kier molecular flexibility index (Phi) is 4.48. The summed E-state index contributed by atoms with van der Waals surface area (Å²) in [4.78, 5) is 23.5. The quantitative estimate of drug-likeness (QED) is 0.906. The number of amides is 1. The van der Waals surface area contributed by atoms with Crippen LogP contribution in [0.25, 0.3) is 0 Å². The van der Waals surface area contributed by atoms with Crippen molar-refractivity contribution in [2.75, 3.05) is 19.6 Å². The van der Waals surface area contributed by atoms with Gasteiger partial charge >= 0.3 is 0 Å². The van der Waals surface area contributed by atoms with Crippen molar-refractivity contribution < 1.29 is 4.79 Å². The van der Waals surface area contributed by atoms with Crippen molar-refractivity contribution in [2.24, 2.45) is 0 Å². The van der Waals surface area contributed by atoms with Gasteiger partial charge in [-0.1, -0.05) is 6.42 Å². The zero-order chi connectivity index (χ0) is 14.7. The van der Waals surface area contributed by atoms with Gasteiger partial charge in [0.1, 0.15) is 5.82 Å². The van der Waals surface area contributed by atoms with Gasteiger partial charge in [-0.15, -0.1) is 0 Å². The number of carbonyl (C=O) groups excluding carboxylic acids is 1. The van der Waals surface area contributed by atoms with Crippen molar-refractivity contribution in [3.8, 4) is 0 Å². The topological polar surface area (TPSA) is 58.1 Å². The minimum absolute atomic E-state index is 0.0929. The van der Waals surface area contributed by atoms with Gasteiger partial charge in [0.05, 0.1) is 17.3 Å². The molecule has 2 fully saturated rings. The van der Waals surface area contributed by atoms with Crippen LogP contribution in [0.4, 0.5) is 0 Å². The molecule has 21 heavy (non-hydrogen) atoms. The fourth-order valence-electron chi connectivity index (χ4n) is 3.20. The van der Waals surface area contributed by atoms with Gasteiger partial charge in [0.25, 0.3) is 5.91 Å². The van der Waals surface area contributed by atoms with E-state index in [1.54, 1.807) is 6.20 Å². The third-order valence-electron chi connectivity index (χ3n) is 4.49. The van der Waals surface area contributed by atoms with Crippen LogP contribution < -0.4 is 5.32 Å². The number of rotatable bonds is 2. The number of nitrogens with zero attached hydrogens (tertiary/aromatic N) is 3. The van der Waals surface area contributed by atoms with Gasteiger partial charge in [0, 0.05) is 19.3 Å². The third kappa shape index (κ3) is 3.23. The lowest BCUT2D eigenvalue weighted by molar-refractivity contribution is 0.0722. The molecule has 0 aromatic carbocycles. The molecule has 2 aliphatic rings. The monoisotopic (exact) mass is 288 g/mol. The highest BCUT2D eigenvalue weighted by atomic mass is 16.2. The number of likely N-dealkylation sites (tertiary alicyclic amines) is 1. The number of nitrogens with one attached hydrogen (secondary N) is 1. The number of carbonyl (C=O) groups is 1. The lowest BCUT2D eigenvalue weighted by Gasteiger charge is -2.27. The Balaban J connectivity index is 1.75. The molecule has 0 radical (unpaired) electrons. The van der Waals surface area contributed by atoms with Crippen molar-refractivity contribution in [3.05, 3.63) is 23.3 Å². The maximum atomic E-state index is 12.5. The molecule has 1 aromatic rings. The first-order valence-corrected chi connectivity index (χ1v) is 8.12. The first kappa shape index (κ1) is 14.4. The van der Waals surface area contributed by atoms with E-state index >= 15 is 0 Å². The molecule has 5 nitrogen and oxygen atoms in total. The Hall–Kier alpha value is -1.49. The second kappa shape index (κ2) is 6.52. The second-order valence-corrected chi connectivity index (χ2v) is 6.08. The summed E-state index contributed by atoms with van der Waals surface area (Å²) in [6, 6.07) is 0.247. The minimum Gasteiger partial charge on any atom is -0.339 e. The zero-order valence-electron chi connectivity index (χ0n) is 12.8. The summed E-state index contributed by atoms with van der Waals surface area (Å²) >= 11 is 0. The first-order valence-electron chi connectivity index (χ1n) is 8.12. The van der Waals surface area contributed by atoms with Crippen LogP contribution in [0, 0.1) is 6.92 Å². The van der Waals surface area contributed by atoms with E-state index in [2.05, 4.69) is 15.3 Å². The highest BCUT2D eigenvalue weighted by Crippen LogP contribution is 2.21. The standard InChI is InChI=1S/C16H24N4O/c1-12-13(16(21)20-9-5-2-6-10-20)11-18-15(19-12)14-7-3-4-8-17-14/h11,14,17H,2-10H2,1H3/t14-/m0/s1. The average Bonchev–Trinajstić information content (AvgIpc) is 2.56. The van der Waals surface area contributed by atoms with E-state index < -0.39 is 0 Å². The summed E-state index contributed by atoms with van der Waals surface area (Å²) in [6.07, 6.45) is 8.69. The molecule has 2 aliphatic heterocycles. The van der Waals surface area contributed by atoms with Gasteiger partial charge in [0.2, 0.25) is 0 Å². The van der Waals surface area contributed by atoms with Gasteiger partial charge < -0.3 is 10.2 Å². The molecule has 1 N–H and O–H groups in total. The number of hydrogen-bond donors (Lipinski definition) is 1. The fraction of sp³-hybridized carbons (Fsp3) is 0.688. The van der Waals surface area contributed by atoms with Crippen LogP contribution in [0.5, 0.6) is 0 Å². The molecule has 3 rings (SSSR count). The van der Waals surface area contributed by atoms with E-state index in [0.29, 0.717) is 5.56 Å². The zero-order valence-corrected chi connectivity index (χ0v) is 12.8. The molecule has 0 bridgehead atoms. The maximum Gasteiger partial charge on any atom is 0.257 e. The van der Waals surface area contributed by atoms with Crippen molar-refractivity contribution in [1.29, 1.82) is 0 Å². The normalized spacial score (nSPS) is 23.1. The van der Waals surface area contributed by atoms with Crippen LogP contribution in [0.3, 0.4) is 0 Å². The van der Waals surface area contributed by atoms with Crippen molar-refractivity contribution in [3.63, 3.8) is 0 Å². The van der Waals surface area contributed by atoms with Crippen LogP contribution in [0.1, 0.15) is 66.4 Å². The van der Waals surface area contributed by atoms with E-state index in [-0.39, 0.29) is 11.9 Å². The molecule has 0 saturated carbocycles. The Labute approximate surface area is 126 Å². The number of hydrogen-bond acceptors (Lipinski definition) is 4. The van der Waals surface area contributed by atoms with E-state index in [1.807, 2.05) is 11.8 Å². The first-order chi connectivity index (χ1) is 10.3. The molecule has 2 saturated heterocycles. The summed E-state index contributed by atoms with van der Waals surface area (Å²) in [6.45, 7) is 4.68. The number of piperidine rings is 2. The SMILES string of the molecule is Cc1nc([C@@H]2CCCCN2)ncc1C(=O)N1CCCCC1. The maximum absolute atomic E-state index is 12.5. The van der Waals surface area contributed by atoms with Gasteiger partial charge in [0.15, 0.2) is 0 Å². The van der Waals surface area contributed by atoms with E-state index in [0.717, 1.165) is 50.4 Å². The fourth-order valence-corrected chi connectivity index (χ4v) is 3.20. The Bertz CT molecular complexity index is 505. The van der Waals surface area contributed by atoms with Crippen molar-refractivity contribution >= 4 is 5.91 Å². The van der Waals surface area contributed by atoms with Crippen LogP contribution in [-0.2, 0) is 0 Å². The number of aromatic nitrogens is 2. The van der Waals surface area contributed by atoms with Gasteiger partial charge in [-0.2, -0.15) is 0 Å². The molecule has 0 unspecified atom stereocenters. The van der Waals surface area contributed by atoms with Gasteiger partial charge in [-0.3, -0.25) is 4.79 Å². The Morgan fingerprint density at radius 2 is 2.05 bits per heavy atom. The van der Waals surface area contributed by atoms with Crippen molar-refractivity contribution in [2.45, 2.75) is 51.5 Å². The Morgan fingerprint density at radius 3 is 2.71 bits per heavy atom. The molecular weight excluding hydrogens is 264 g/mol. The average molecular weight is 288 g/mol. The van der Waals surface area contributed by atoms with Crippen LogP contribution in [0.2, 0.25) is 0 Å². The smallest absolute Gasteiger partial charge is 0.257 e. The largest absolute Gasteiger partial charge is 0.339 e. The summed E-state index contributed by atoms with van der Waals surface area (Å²) in [5, 5.41) is 3.45. The summed E-state index contributed by atoms with van der Waals surface area (Å²) in [5.41, 5.74) is 1.47. The molecule has 5 heteroatoms. The minimum atomic E-state index is 0.0929. The molecule has 114 valence electrons. The molecular formula is C16H24N4O.